The number of benzene rings is 2. The minimum Gasteiger partial charge on any atom is -0.419 e. The lowest BCUT2D eigenvalue weighted by molar-refractivity contribution is 0.120. The van der Waals surface area contributed by atoms with Crippen LogP contribution in [-0.4, -0.2) is 32.7 Å². The third-order valence-electron chi connectivity index (χ3n) is 4.80. The number of halogens is 1. The van der Waals surface area contributed by atoms with E-state index in [-0.39, 0.29) is 33.4 Å². The molecule has 152 valence electrons. The molecule has 2 heterocycles. The third kappa shape index (κ3) is 4.04. The summed E-state index contributed by atoms with van der Waals surface area (Å²) in [6.07, 6.45) is 1.80. The van der Waals surface area contributed by atoms with Gasteiger partial charge in [0.05, 0.1) is 16.6 Å². The quantitative estimate of drug-likeness (QED) is 0.648. The normalized spacial score (nSPS) is 16.8. The number of hydrogen-bond acceptors (Lipinski definition) is 6. The van der Waals surface area contributed by atoms with Gasteiger partial charge in [-0.15, -0.1) is 0 Å². The van der Waals surface area contributed by atoms with E-state index in [1.54, 1.807) is 24.3 Å². The molecule has 0 radical (unpaired) electrons. The molecule has 6 nitrogen and oxygen atoms in total. The van der Waals surface area contributed by atoms with Crippen LogP contribution in [0.4, 0.5) is 10.3 Å². The van der Waals surface area contributed by atoms with Crippen molar-refractivity contribution >= 4 is 15.7 Å². The highest BCUT2D eigenvalue weighted by molar-refractivity contribution is 7.91. The highest BCUT2D eigenvalue weighted by Gasteiger charge is 2.30. The van der Waals surface area contributed by atoms with Gasteiger partial charge in [-0.2, -0.15) is 4.98 Å². The Hall–Kier alpha value is -2.71. The Kier molecular flexibility index (Phi) is 5.38. The van der Waals surface area contributed by atoms with E-state index < -0.39 is 15.7 Å². The Morgan fingerprint density at radius 3 is 2.62 bits per heavy atom. The van der Waals surface area contributed by atoms with E-state index in [9.17, 15) is 12.8 Å². The zero-order valence-corrected chi connectivity index (χ0v) is 16.7. The van der Waals surface area contributed by atoms with Crippen molar-refractivity contribution in [2.45, 2.75) is 35.8 Å². The number of aryl methyl sites for hydroxylation is 1. The molecule has 0 saturated carbocycles. The first kappa shape index (κ1) is 19.6. The molecule has 1 atom stereocenters. The summed E-state index contributed by atoms with van der Waals surface area (Å²) in [6.45, 7) is 2.93. The van der Waals surface area contributed by atoms with Crippen molar-refractivity contribution in [3.05, 3.63) is 59.9 Å². The molecule has 3 aromatic rings. The van der Waals surface area contributed by atoms with E-state index >= 15 is 0 Å². The van der Waals surface area contributed by atoms with Crippen molar-refractivity contribution < 1.29 is 22.0 Å². The van der Waals surface area contributed by atoms with Crippen LogP contribution in [0.1, 0.15) is 18.4 Å². The largest absolute Gasteiger partial charge is 0.419 e. The van der Waals surface area contributed by atoms with Crippen LogP contribution in [0.25, 0.3) is 11.5 Å². The second-order valence-corrected chi connectivity index (χ2v) is 8.83. The van der Waals surface area contributed by atoms with Crippen LogP contribution in [0.3, 0.4) is 0 Å². The third-order valence-corrected chi connectivity index (χ3v) is 6.48. The average Bonchev–Trinajstić information content (AvgIpc) is 3.37. The first-order valence-corrected chi connectivity index (χ1v) is 10.9. The smallest absolute Gasteiger partial charge is 0.233 e. The molecular weight excluding hydrogens is 395 g/mol. The minimum atomic E-state index is -3.96. The minimum absolute atomic E-state index is 0.0145. The second-order valence-electron chi connectivity index (χ2n) is 6.97. The molecule has 2 aromatic carbocycles. The van der Waals surface area contributed by atoms with Gasteiger partial charge in [0.2, 0.25) is 26.6 Å². The van der Waals surface area contributed by atoms with Gasteiger partial charge in [-0.3, -0.25) is 0 Å². The van der Waals surface area contributed by atoms with Gasteiger partial charge in [0.1, 0.15) is 5.82 Å². The van der Waals surface area contributed by atoms with Gasteiger partial charge in [0.25, 0.3) is 0 Å². The van der Waals surface area contributed by atoms with E-state index in [2.05, 4.69) is 10.3 Å². The standard InChI is InChI=1S/C21H21FN2O4S/c1-14-8-10-16(11-9-14)29(25,26)21-20(23-13-15-5-4-12-27-15)28-19(24-21)17-6-2-3-7-18(17)22/h2-3,6-11,15,23H,4-5,12-13H2,1H3/t15-/m1/s1. The van der Waals surface area contributed by atoms with Crippen LogP contribution < -0.4 is 5.32 Å². The molecule has 0 bridgehead atoms. The number of nitrogens with one attached hydrogen (secondary N) is 1. The molecule has 1 aromatic heterocycles. The monoisotopic (exact) mass is 416 g/mol. The summed E-state index contributed by atoms with van der Waals surface area (Å²) in [5.74, 6) is -0.651. The SMILES string of the molecule is Cc1ccc(S(=O)(=O)c2nc(-c3ccccc3F)oc2NC[C@H]2CCCO2)cc1. The number of ether oxygens (including phenoxy) is 1. The molecule has 1 saturated heterocycles. The maximum atomic E-state index is 14.2. The van der Waals surface area contributed by atoms with Crippen molar-refractivity contribution in [3.63, 3.8) is 0 Å². The van der Waals surface area contributed by atoms with E-state index in [0.29, 0.717) is 13.2 Å². The number of sulfone groups is 1. The topological polar surface area (TPSA) is 81.4 Å². The zero-order valence-electron chi connectivity index (χ0n) is 15.9. The van der Waals surface area contributed by atoms with E-state index in [4.69, 9.17) is 9.15 Å². The first-order valence-electron chi connectivity index (χ1n) is 9.38. The summed E-state index contributed by atoms with van der Waals surface area (Å²) in [6, 6.07) is 12.4. The van der Waals surface area contributed by atoms with Gasteiger partial charge in [0, 0.05) is 13.2 Å². The Bertz CT molecular complexity index is 1100. The fourth-order valence-electron chi connectivity index (χ4n) is 3.19. The van der Waals surface area contributed by atoms with Crippen molar-refractivity contribution in [3.8, 4) is 11.5 Å². The maximum Gasteiger partial charge on any atom is 0.233 e. The van der Waals surface area contributed by atoms with Crippen molar-refractivity contribution in [1.82, 2.24) is 4.98 Å². The molecule has 1 fully saturated rings. The summed E-state index contributed by atoms with van der Waals surface area (Å²) in [4.78, 5) is 4.25. The Morgan fingerprint density at radius 1 is 1.17 bits per heavy atom. The molecule has 1 N–H and O–H groups in total. The molecular formula is C21H21FN2O4S. The van der Waals surface area contributed by atoms with Gasteiger partial charge in [0.15, 0.2) is 0 Å². The van der Waals surface area contributed by atoms with Gasteiger partial charge < -0.3 is 14.5 Å². The summed E-state index contributed by atoms with van der Waals surface area (Å²) in [7, 11) is -3.96. The zero-order chi connectivity index (χ0) is 20.4. The van der Waals surface area contributed by atoms with Crippen LogP contribution >= 0.6 is 0 Å². The summed E-state index contributed by atoms with van der Waals surface area (Å²) in [5, 5.41) is 2.73. The second kappa shape index (κ2) is 7.96. The van der Waals surface area contributed by atoms with Gasteiger partial charge in [-0.05, 0) is 44.0 Å². The lowest BCUT2D eigenvalue weighted by Gasteiger charge is -2.10. The van der Waals surface area contributed by atoms with Crippen LogP contribution in [0.5, 0.6) is 0 Å². The van der Waals surface area contributed by atoms with Gasteiger partial charge in [-0.1, -0.05) is 29.8 Å². The van der Waals surface area contributed by atoms with Crippen LogP contribution in [0, 0.1) is 12.7 Å². The molecule has 29 heavy (non-hydrogen) atoms. The summed E-state index contributed by atoms with van der Waals surface area (Å²) in [5.41, 5.74) is 1.03. The van der Waals surface area contributed by atoms with Crippen LogP contribution in [0.2, 0.25) is 0 Å². The molecule has 4 rings (SSSR count). The van der Waals surface area contributed by atoms with Crippen molar-refractivity contribution in [2.24, 2.45) is 0 Å². The molecule has 1 aliphatic heterocycles. The number of anilines is 1. The average molecular weight is 416 g/mol. The maximum absolute atomic E-state index is 14.2. The fraction of sp³-hybridized carbons (Fsp3) is 0.286. The fourth-order valence-corrected chi connectivity index (χ4v) is 4.47. The van der Waals surface area contributed by atoms with Crippen LogP contribution in [0.15, 0.2) is 62.9 Å². The molecule has 0 aliphatic carbocycles. The molecule has 1 aliphatic rings. The first-order chi connectivity index (χ1) is 13.9. The van der Waals surface area contributed by atoms with Crippen molar-refractivity contribution in [2.75, 3.05) is 18.5 Å². The van der Waals surface area contributed by atoms with E-state index in [0.717, 1.165) is 18.4 Å². The van der Waals surface area contributed by atoms with Crippen molar-refractivity contribution in [1.29, 1.82) is 0 Å². The number of nitrogens with zero attached hydrogens (tertiary/aromatic N) is 1. The molecule has 0 amide bonds. The predicted octanol–water partition coefficient (Wildman–Crippen LogP) is 4.21. The number of hydrogen-bond donors (Lipinski definition) is 1. The lowest BCUT2D eigenvalue weighted by Crippen LogP contribution is -2.19. The predicted molar refractivity (Wildman–Crippen MR) is 106 cm³/mol. The Morgan fingerprint density at radius 2 is 1.93 bits per heavy atom. The molecule has 0 spiro atoms. The Balaban J connectivity index is 1.75. The highest BCUT2D eigenvalue weighted by Crippen LogP contribution is 2.33. The highest BCUT2D eigenvalue weighted by atomic mass is 32.2. The van der Waals surface area contributed by atoms with Crippen LogP contribution in [-0.2, 0) is 14.6 Å². The number of rotatable bonds is 6. The van der Waals surface area contributed by atoms with Gasteiger partial charge in [-0.25, -0.2) is 12.8 Å². The summed E-state index contributed by atoms with van der Waals surface area (Å²) >= 11 is 0. The molecule has 0 unspecified atom stereocenters. The summed E-state index contributed by atoms with van der Waals surface area (Å²) < 4.78 is 51.9. The van der Waals surface area contributed by atoms with E-state index in [1.807, 2.05) is 6.92 Å². The molecule has 8 heteroatoms. The van der Waals surface area contributed by atoms with Gasteiger partial charge >= 0.3 is 0 Å². The number of aromatic nitrogens is 1. The Labute approximate surface area is 168 Å². The van der Waals surface area contributed by atoms with E-state index in [1.165, 1.54) is 24.3 Å². The lowest BCUT2D eigenvalue weighted by atomic mass is 10.2. The number of oxazole rings is 1.